The Hall–Kier alpha value is -4.58. The van der Waals surface area contributed by atoms with Gasteiger partial charge in [0.15, 0.2) is 18.5 Å². The molecule has 1 fully saturated rings. The highest BCUT2D eigenvalue weighted by atomic mass is 19.1. The zero-order valence-corrected chi connectivity index (χ0v) is 25.7. The number of rotatable bonds is 5. The van der Waals surface area contributed by atoms with Gasteiger partial charge < -0.3 is 19.9 Å². The third-order valence-corrected chi connectivity index (χ3v) is 8.27. The Labute approximate surface area is 261 Å². The first-order valence-electron chi connectivity index (χ1n) is 15.1. The van der Waals surface area contributed by atoms with Crippen molar-refractivity contribution in [2.75, 3.05) is 27.2 Å². The third-order valence-electron chi connectivity index (χ3n) is 8.27. The van der Waals surface area contributed by atoms with E-state index in [2.05, 4.69) is 10.3 Å². The highest BCUT2D eigenvalue weighted by molar-refractivity contribution is 5.92. The second kappa shape index (κ2) is 14.0. The summed E-state index contributed by atoms with van der Waals surface area (Å²) >= 11 is 0. The van der Waals surface area contributed by atoms with E-state index in [1.165, 1.54) is 17.0 Å². The maximum atomic E-state index is 14.2. The Morgan fingerprint density at radius 3 is 2.69 bits per heavy atom. The van der Waals surface area contributed by atoms with Crippen LogP contribution in [0.2, 0.25) is 0 Å². The summed E-state index contributed by atoms with van der Waals surface area (Å²) in [6.45, 7) is 2.44. The van der Waals surface area contributed by atoms with Gasteiger partial charge in [0.2, 0.25) is 11.9 Å². The number of hydrogen-bond acceptors (Lipinski definition) is 7. The van der Waals surface area contributed by atoms with Crippen LogP contribution in [-0.4, -0.2) is 83.3 Å². The van der Waals surface area contributed by atoms with Crippen molar-refractivity contribution in [1.82, 2.24) is 25.1 Å². The van der Waals surface area contributed by atoms with Gasteiger partial charge in [-0.05, 0) is 63.3 Å². The molecule has 3 amide bonds. The summed E-state index contributed by atoms with van der Waals surface area (Å²) in [5, 5.41) is 13.0. The molecule has 5 rings (SSSR count). The number of amides is 3. The first kappa shape index (κ1) is 31.8. The van der Waals surface area contributed by atoms with Gasteiger partial charge in [0, 0.05) is 24.7 Å². The molecule has 12 heteroatoms. The quantitative estimate of drug-likeness (QED) is 0.314. The van der Waals surface area contributed by atoms with Crippen molar-refractivity contribution in [1.29, 1.82) is 0 Å². The number of allylic oxidation sites excluding steroid dienone is 2. The van der Waals surface area contributed by atoms with E-state index in [9.17, 15) is 23.9 Å². The molecule has 1 saturated heterocycles. The zero-order valence-electron chi connectivity index (χ0n) is 25.7. The Morgan fingerprint density at radius 1 is 1.13 bits per heavy atom. The fourth-order valence-electron chi connectivity index (χ4n) is 5.80. The molecule has 0 bridgehead atoms. The van der Waals surface area contributed by atoms with Crippen LogP contribution in [0.1, 0.15) is 44.1 Å². The molecule has 45 heavy (non-hydrogen) atoms. The monoisotopic (exact) mass is 619 g/mol. The van der Waals surface area contributed by atoms with Crippen LogP contribution >= 0.6 is 0 Å². The fourth-order valence-corrected chi connectivity index (χ4v) is 5.80. The number of aryl methyl sites for hydroxylation is 1. The molecule has 1 aromatic heterocycles. The van der Waals surface area contributed by atoms with Crippen molar-refractivity contribution >= 4 is 28.8 Å². The van der Waals surface area contributed by atoms with Crippen molar-refractivity contribution in [3.05, 3.63) is 59.9 Å². The summed E-state index contributed by atoms with van der Waals surface area (Å²) in [5.41, 5.74) is 1.75. The SMILES string of the molecule is COc1ccc2c(OC3CC4C(=O)NC(C(=O)O)CCC=CCCCCN(C)C(=O)[N+]4C3)nc(-c3cccc(F)c3)nc2c1C. The summed E-state index contributed by atoms with van der Waals surface area (Å²) in [4.78, 5) is 51.6. The van der Waals surface area contributed by atoms with Gasteiger partial charge in [-0.1, -0.05) is 29.2 Å². The Kier molecular flexibility index (Phi) is 9.92. The average Bonchev–Trinajstić information content (AvgIpc) is 3.44. The molecule has 3 heterocycles. The van der Waals surface area contributed by atoms with E-state index in [1.54, 1.807) is 43.3 Å². The number of urea groups is 1. The Balaban J connectivity index is 1.49. The second-order valence-electron chi connectivity index (χ2n) is 11.4. The third kappa shape index (κ3) is 7.22. The van der Waals surface area contributed by atoms with Crippen molar-refractivity contribution in [2.24, 2.45) is 0 Å². The van der Waals surface area contributed by atoms with Crippen LogP contribution < -0.4 is 19.7 Å². The Bertz CT molecular complexity index is 1610. The van der Waals surface area contributed by atoms with Gasteiger partial charge in [-0.15, -0.1) is 0 Å². The number of carboxylic acid groups (broad SMARTS) is 1. The number of carbonyl (C=O) groups excluding carboxylic acids is 2. The molecular formula is C33H38FN5O6+. The van der Waals surface area contributed by atoms with Gasteiger partial charge in [-0.3, -0.25) is 9.69 Å². The molecule has 3 unspecified atom stereocenters. The molecule has 3 aromatic rings. The van der Waals surface area contributed by atoms with E-state index >= 15 is 0 Å². The lowest BCUT2D eigenvalue weighted by Crippen LogP contribution is -2.56. The van der Waals surface area contributed by atoms with Gasteiger partial charge >= 0.3 is 12.0 Å². The first-order valence-corrected chi connectivity index (χ1v) is 15.1. The van der Waals surface area contributed by atoms with Gasteiger partial charge in [0.25, 0.3) is 5.91 Å². The number of carbonyl (C=O) groups is 3. The van der Waals surface area contributed by atoms with Crippen LogP contribution in [0, 0.1) is 12.7 Å². The molecule has 1 radical (unpaired) electrons. The van der Waals surface area contributed by atoms with E-state index in [-0.39, 0.29) is 37.1 Å². The Morgan fingerprint density at radius 2 is 1.93 bits per heavy atom. The summed E-state index contributed by atoms with van der Waals surface area (Å²) in [5.74, 6) is -1.06. The highest BCUT2D eigenvalue weighted by Gasteiger charge is 2.52. The number of halogens is 1. The molecule has 0 spiro atoms. The number of hydrogen-bond donors (Lipinski definition) is 2. The molecule has 2 aliphatic rings. The predicted molar refractivity (Wildman–Crippen MR) is 166 cm³/mol. The lowest BCUT2D eigenvalue weighted by molar-refractivity contribution is -0.142. The molecule has 0 aliphatic carbocycles. The highest BCUT2D eigenvalue weighted by Crippen LogP contribution is 2.34. The largest absolute Gasteiger partial charge is 0.496 e. The molecule has 2 aromatic carbocycles. The lowest BCUT2D eigenvalue weighted by Gasteiger charge is -2.20. The number of nitrogens with one attached hydrogen (secondary N) is 1. The minimum atomic E-state index is -1.13. The number of ether oxygens (including phenoxy) is 2. The number of aliphatic carboxylic acids is 1. The van der Waals surface area contributed by atoms with E-state index in [1.807, 2.05) is 19.1 Å². The van der Waals surface area contributed by atoms with E-state index in [4.69, 9.17) is 14.5 Å². The van der Waals surface area contributed by atoms with Crippen molar-refractivity contribution < 1.29 is 33.4 Å². The second-order valence-corrected chi connectivity index (χ2v) is 11.4. The topological polar surface area (TPSA) is 137 Å². The molecule has 0 saturated carbocycles. The number of benzene rings is 2. The molecule has 2 aliphatic heterocycles. The van der Waals surface area contributed by atoms with Crippen LogP contribution in [0.5, 0.6) is 11.6 Å². The van der Waals surface area contributed by atoms with Gasteiger partial charge in [0.05, 0.1) is 24.4 Å². The van der Waals surface area contributed by atoms with E-state index in [0.717, 1.165) is 24.8 Å². The number of aromatic nitrogens is 2. The van der Waals surface area contributed by atoms with Crippen molar-refractivity contribution in [2.45, 2.75) is 63.6 Å². The van der Waals surface area contributed by atoms with E-state index in [0.29, 0.717) is 35.2 Å². The summed E-state index contributed by atoms with van der Waals surface area (Å²) in [6.07, 6.45) is 6.64. The van der Waals surface area contributed by atoms with Crippen LogP contribution in [0.25, 0.3) is 22.3 Å². The van der Waals surface area contributed by atoms with Crippen molar-refractivity contribution in [3.8, 4) is 23.0 Å². The average molecular weight is 620 g/mol. The van der Waals surface area contributed by atoms with Crippen LogP contribution in [0.4, 0.5) is 9.18 Å². The summed E-state index contributed by atoms with van der Waals surface area (Å²) in [7, 11) is 3.25. The molecular weight excluding hydrogens is 581 g/mol. The van der Waals surface area contributed by atoms with Crippen molar-refractivity contribution in [3.63, 3.8) is 0 Å². The molecule has 2 N–H and O–H groups in total. The smallest absolute Gasteiger partial charge is 0.467 e. The van der Waals surface area contributed by atoms with Crippen LogP contribution in [0.15, 0.2) is 48.6 Å². The maximum Gasteiger partial charge on any atom is 0.467 e. The lowest BCUT2D eigenvalue weighted by atomic mass is 10.1. The summed E-state index contributed by atoms with van der Waals surface area (Å²) < 4.78 is 26.1. The van der Waals surface area contributed by atoms with E-state index < -0.39 is 35.9 Å². The molecule has 237 valence electrons. The molecule has 3 atom stereocenters. The molecule has 11 nitrogen and oxygen atoms in total. The predicted octanol–water partition coefficient (Wildman–Crippen LogP) is 4.55. The number of fused-ring (bicyclic) bond motifs is 2. The number of carboxylic acids is 1. The number of nitrogens with zero attached hydrogens (tertiary/aromatic N) is 4. The van der Waals surface area contributed by atoms with Crippen LogP contribution in [-0.2, 0) is 9.59 Å². The first-order chi connectivity index (χ1) is 21.7. The summed E-state index contributed by atoms with van der Waals surface area (Å²) in [6, 6.07) is 7.10. The van der Waals surface area contributed by atoms with Gasteiger partial charge in [-0.2, -0.15) is 4.98 Å². The van der Waals surface area contributed by atoms with Gasteiger partial charge in [0.1, 0.15) is 17.6 Å². The zero-order chi connectivity index (χ0) is 32.1. The minimum Gasteiger partial charge on any atom is -0.496 e. The standard InChI is InChI=1S/C33H38FN5O6/c1-20-27(44-3)15-14-24-28(20)36-29(21-11-10-12-22(34)17-21)37-31(24)45-23-18-26-30(40)35-25(32(41)42)13-8-6-4-5-7-9-16-38(2)33(43)39(26)19-23/h4,6,10-12,14-15,17,23,25-26H,5,7-9,13,16,18-19H2,1-3H3,(H,35,40)(H,41,42)/q+1. The van der Waals surface area contributed by atoms with Gasteiger partial charge in [-0.25, -0.2) is 19.0 Å². The van der Waals surface area contributed by atoms with Crippen LogP contribution in [0.3, 0.4) is 0 Å². The maximum absolute atomic E-state index is 14.2. The number of methoxy groups -OCH3 is 1. The normalized spacial score (nSPS) is 22.0. The fraction of sp³-hybridized carbons (Fsp3) is 0.424. The minimum absolute atomic E-state index is 0.0798.